The van der Waals surface area contributed by atoms with E-state index in [9.17, 15) is 67.0 Å². The normalized spacial score (nSPS) is 12.2. The van der Waals surface area contributed by atoms with E-state index in [-0.39, 0.29) is 211 Å². The number of nitrogens with zero attached hydrogens (tertiary/aromatic N) is 6. The molecule has 0 fully saturated rings. The molecule has 0 aliphatic heterocycles. The molecule has 0 saturated heterocycles. The molecule has 0 saturated carbocycles. The second kappa shape index (κ2) is 36.9. The molecule has 45 heteroatoms. The molecule has 0 amide bonds. The molecule has 4 N–H and O–H groups in total. The SMILES string of the molecule is Nc1c(N=Nc2ccc(S(=O)(=O)CCOSOO[O-])cc2)cc(N=Nc2ccc(S(=O)(=O)CCOSOO[O-])cc2S(=O)(=O)[O-])c(N)c1N=Nc1ccc(S(=O)(=O)CCOS(=O)(=O)[O-])cc1SOO[O-].[Na+].[Na+].[Na+].[Na+].[Na+]. The Hall–Kier alpha value is 0.520. The van der Waals surface area contributed by atoms with Gasteiger partial charge in [0.1, 0.15) is 38.6 Å². The third-order valence-corrected chi connectivity index (χ3v) is 15.7. The Morgan fingerprint density at radius 2 is 0.907 bits per heavy atom. The van der Waals surface area contributed by atoms with Crippen LogP contribution in [0.4, 0.5) is 45.5 Å². The van der Waals surface area contributed by atoms with Crippen LogP contribution in [0.5, 0.6) is 0 Å². The molecule has 0 atom stereocenters. The van der Waals surface area contributed by atoms with Gasteiger partial charge in [-0.2, -0.15) is 9.45 Å². The first-order valence-electron chi connectivity index (χ1n) is 17.6. The van der Waals surface area contributed by atoms with Crippen LogP contribution in [0.1, 0.15) is 0 Å². The predicted molar refractivity (Wildman–Crippen MR) is 226 cm³/mol. The van der Waals surface area contributed by atoms with E-state index < -0.39 is 130 Å². The molecule has 0 aromatic heterocycles. The Morgan fingerprint density at radius 3 is 1.40 bits per heavy atom. The first-order chi connectivity index (χ1) is 32.9. The van der Waals surface area contributed by atoms with Gasteiger partial charge in [-0.1, -0.05) is 0 Å². The predicted octanol–water partition coefficient (Wildman–Crippen LogP) is -13.3. The van der Waals surface area contributed by atoms with Crippen molar-refractivity contribution in [3.05, 3.63) is 66.7 Å². The fraction of sp³-hybridized carbons (Fsp3) is 0.200. The van der Waals surface area contributed by atoms with Gasteiger partial charge in [-0.3, -0.25) is 27.7 Å². The van der Waals surface area contributed by atoms with Gasteiger partial charge in [0.2, 0.25) is 10.4 Å². The van der Waals surface area contributed by atoms with Crippen molar-refractivity contribution in [3.8, 4) is 0 Å². The molecule has 0 heterocycles. The van der Waals surface area contributed by atoms with Gasteiger partial charge in [0.15, 0.2) is 54.2 Å². The van der Waals surface area contributed by atoms with Crippen LogP contribution in [0.25, 0.3) is 0 Å². The van der Waals surface area contributed by atoms with Crippen molar-refractivity contribution in [3.63, 3.8) is 0 Å². The first kappa shape index (κ1) is 77.6. The fourth-order valence-electron chi connectivity index (χ4n) is 4.86. The Morgan fingerprint density at radius 1 is 0.480 bits per heavy atom. The van der Waals surface area contributed by atoms with Crippen LogP contribution >= 0.6 is 36.7 Å². The number of benzene rings is 4. The Labute approximate surface area is 550 Å². The average Bonchev–Trinajstić information content (AvgIpc) is 3.29. The molecule has 384 valence electrons. The number of hydrogen-bond acceptors (Lipinski definition) is 35. The summed E-state index contributed by atoms with van der Waals surface area (Å²) in [7, 11) is -23.4. The van der Waals surface area contributed by atoms with Crippen molar-refractivity contribution in [1.29, 1.82) is 0 Å². The summed E-state index contributed by atoms with van der Waals surface area (Å²) in [5.74, 6) is -2.35. The third kappa shape index (κ3) is 25.7. The van der Waals surface area contributed by atoms with Crippen molar-refractivity contribution in [2.45, 2.75) is 24.5 Å². The van der Waals surface area contributed by atoms with Gasteiger partial charge in [0.05, 0.1) is 90.7 Å². The van der Waals surface area contributed by atoms with Gasteiger partial charge in [0.25, 0.3) is 0 Å². The third-order valence-electron chi connectivity index (χ3n) is 7.99. The molecule has 0 aliphatic rings. The minimum Gasteiger partial charge on any atom is -0.744 e. The van der Waals surface area contributed by atoms with Gasteiger partial charge in [-0.25, -0.2) is 42.1 Å². The van der Waals surface area contributed by atoms with E-state index in [2.05, 4.69) is 67.2 Å². The largest absolute Gasteiger partial charge is 1.00 e. The summed E-state index contributed by atoms with van der Waals surface area (Å²) >= 11 is 0.237. The zero-order valence-corrected chi connectivity index (χ0v) is 55.5. The molecule has 4 rings (SSSR count). The van der Waals surface area contributed by atoms with Gasteiger partial charge in [-0.05, 0) is 66.7 Å². The van der Waals surface area contributed by atoms with E-state index in [0.717, 1.165) is 48.5 Å². The number of anilines is 2. The molecule has 0 aliphatic carbocycles. The number of nitrogen functional groups attached to an aromatic ring is 2. The molecule has 0 spiro atoms. The molecule has 0 unspecified atom stereocenters. The number of hydrogen-bond donors (Lipinski definition) is 2. The molecular weight excluding hydrogens is 1230 g/mol. The zero-order valence-electron chi connectivity index (χ0n) is 39.0. The monoisotopic (exact) mass is 1250 g/mol. The van der Waals surface area contributed by atoms with Crippen LogP contribution in [0.15, 0.2) is 122 Å². The van der Waals surface area contributed by atoms with E-state index in [0.29, 0.717) is 6.07 Å². The quantitative estimate of drug-likeness (QED) is 0.00587. The summed E-state index contributed by atoms with van der Waals surface area (Å²) in [6, 6.07) is 10.8. The summed E-state index contributed by atoms with van der Waals surface area (Å²) in [5, 5.41) is 63.6. The van der Waals surface area contributed by atoms with Gasteiger partial charge in [0, 0.05) is 0 Å². The summed E-state index contributed by atoms with van der Waals surface area (Å²) in [6.07, 6.45) is 0. The summed E-state index contributed by atoms with van der Waals surface area (Å²) in [5.41, 5.74) is 9.56. The smallest absolute Gasteiger partial charge is 0.744 e. The van der Waals surface area contributed by atoms with Crippen molar-refractivity contribution in [2.75, 3.05) is 48.5 Å². The molecular formula is C30H27N8Na5O24S8. The van der Waals surface area contributed by atoms with Crippen LogP contribution in [0, 0.1) is 0 Å². The minimum atomic E-state index is -5.50. The Balaban J connectivity index is 0. The Kier molecular flexibility index (Phi) is 38.1. The van der Waals surface area contributed by atoms with Crippen molar-refractivity contribution in [2.24, 2.45) is 30.7 Å². The molecule has 4 aromatic carbocycles. The topological polar surface area (TPSA) is 495 Å². The summed E-state index contributed by atoms with van der Waals surface area (Å²) in [4.78, 5) is -2.85. The number of sulfone groups is 3. The van der Waals surface area contributed by atoms with E-state index in [1.165, 1.54) is 12.1 Å². The van der Waals surface area contributed by atoms with Crippen LogP contribution < -0.4 is 175 Å². The maximum atomic E-state index is 12.9. The van der Waals surface area contributed by atoms with Crippen LogP contribution in [-0.4, -0.2) is 88.3 Å². The van der Waals surface area contributed by atoms with Gasteiger partial charge < -0.3 is 36.3 Å². The minimum absolute atomic E-state index is 0. The fourth-order valence-corrected chi connectivity index (χ4v) is 10.5. The van der Waals surface area contributed by atoms with Crippen molar-refractivity contribution in [1.82, 2.24) is 0 Å². The van der Waals surface area contributed by atoms with E-state index in [4.69, 9.17) is 15.7 Å². The number of azo groups is 3. The molecule has 4 aromatic rings. The average molecular weight is 1260 g/mol. The Bertz CT molecular complexity index is 3160. The van der Waals surface area contributed by atoms with Gasteiger partial charge >= 0.3 is 148 Å². The molecule has 0 radical (unpaired) electrons. The van der Waals surface area contributed by atoms with Crippen LogP contribution in [0.2, 0.25) is 0 Å². The van der Waals surface area contributed by atoms with Gasteiger partial charge in [-0.15, -0.1) is 34.2 Å². The molecule has 0 bridgehead atoms. The van der Waals surface area contributed by atoms with E-state index in [1.54, 1.807) is 0 Å². The van der Waals surface area contributed by atoms with Crippen molar-refractivity contribution < 1.29 is 255 Å². The maximum absolute atomic E-state index is 12.9. The van der Waals surface area contributed by atoms with Crippen LogP contribution in [-0.2, 0) is 90.7 Å². The van der Waals surface area contributed by atoms with Crippen molar-refractivity contribution >= 4 is 132 Å². The molecule has 75 heavy (non-hydrogen) atoms. The van der Waals surface area contributed by atoms with Crippen LogP contribution in [0.3, 0.4) is 0 Å². The summed E-state index contributed by atoms with van der Waals surface area (Å²) in [6.45, 7) is -2.06. The van der Waals surface area contributed by atoms with E-state index >= 15 is 0 Å². The van der Waals surface area contributed by atoms with E-state index in [1.807, 2.05) is 0 Å². The first-order valence-corrected chi connectivity index (χ1v) is 27.4. The second-order valence-electron chi connectivity index (χ2n) is 12.4. The number of nitrogens with two attached hydrogens (primary N) is 2. The summed E-state index contributed by atoms with van der Waals surface area (Å²) < 4.78 is 172. The molecule has 32 nitrogen and oxygen atoms in total. The number of rotatable bonds is 29. The second-order valence-corrected chi connectivity index (χ2v) is 22.8. The standard InChI is InChI=1S/C30H32N8O24S8.5Na/c31-28-24(36-33-18-1-3-19(4-2-18)66(42,43)12-9-54-64-61-58-40)17-25(37-35-23-8-6-21(16-27(23)69(48,49)50)67(44,45)13-10-55-65-62-59-41)29(32)30(28)38-34-22-7-5-20(15-26(22)63-60-57-39)68(46,47)14-11-56-70(51,52)53;;;;;/h1-8,15-17,39-41H,9-14,31-32H2,(H,48,49,50)(H,51,52,53);;;;;/q;5*+1/p-5. The maximum Gasteiger partial charge on any atom is 1.00 e. The zero-order chi connectivity index (χ0) is 51.8.